The van der Waals surface area contributed by atoms with Gasteiger partial charge in [0.15, 0.2) is 0 Å². The monoisotopic (exact) mass is 304 g/mol. The highest BCUT2D eigenvalue weighted by Gasteiger charge is 2.12. The molecule has 0 aliphatic heterocycles. The maximum absolute atomic E-state index is 8.76. The van der Waals surface area contributed by atoms with E-state index in [4.69, 9.17) is 15.7 Å². The van der Waals surface area contributed by atoms with Crippen LogP contribution in [0.25, 0.3) is 11.3 Å². The lowest BCUT2D eigenvalue weighted by atomic mass is 10.1. The summed E-state index contributed by atoms with van der Waals surface area (Å²) in [5, 5.41) is 8.76. The molecule has 2 rings (SSSR count). The standard InChI is InChI=1S/C12H9BrN4O/c1-18-12-16-10(9(13)11(15)17-12)8-4-2-7(6-14)3-5-8/h2-5H,1H3,(H2,15,16,17). The Morgan fingerprint density at radius 3 is 2.50 bits per heavy atom. The number of ether oxygens (including phenoxy) is 1. The van der Waals surface area contributed by atoms with E-state index in [-0.39, 0.29) is 6.01 Å². The Bertz CT molecular complexity index is 619. The molecule has 0 aliphatic carbocycles. The van der Waals surface area contributed by atoms with E-state index in [1.54, 1.807) is 24.3 Å². The van der Waals surface area contributed by atoms with Gasteiger partial charge in [0.25, 0.3) is 0 Å². The zero-order valence-corrected chi connectivity index (χ0v) is 11.1. The number of aromatic nitrogens is 2. The Balaban J connectivity index is 2.55. The summed E-state index contributed by atoms with van der Waals surface area (Å²) in [5.41, 5.74) is 7.80. The van der Waals surface area contributed by atoms with Crippen molar-refractivity contribution in [1.82, 2.24) is 9.97 Å². The molecule has 0 fully saturated rings. The lowest BCUT2D eigenvalue weighted by Gasteiger charge is -2.08. The first-order chi connectivity index (χ1) is 8.65. The van der Waals surface area contributed by atoms with Crippen LogP contribution in [0.4, 0.5) is 5.82 Å². The van der Waals surface area contributed by atoms with Gasteiger partial charge in [-0.25, -0.2) is 0 Å². The minimum atomic E-state index is 0.204. The zero-order valence-electron chi connectivity index (χ0n) is 9.51. The van der Waals surface area contributed by atoms with Crippen LogP contribution in [-0.4, -0.2) is 17.1 Å². The van der Waals surface area contributed by atoms with Crippen LogP contribution in [-0.2, 0) is 0 Å². The second-order valence-electron chi connectivity index (χ2n) is 3.45. The maximum Gasteiger partial charge on any atom is 0.318 e. The van der Waals surface area contributed by atoms with Crippen LogP contribution in [0, 0.1) is 11.3 Å². The number of nitrogen functional groups attached to an aromatic ring is 1. The van der Waals surface area contributed by atoms with Crippen molar-refractivity contribution in [3.63, 3.8) is 0 Å². The zero-order chi connectivity index (χ0) is 13.1. The molecule has 0 saturated carbocycles. The van der Waals surface area contributed by atoms with Gasteiger partial charge in [-0.2, -0.15) is 15.2 Å². The molecule has 0 amide bonds. The van der Waals surface area contributed by atoms with Crippen LogP contribution in [0.15, 0.2) is 28.7 Å². The molecular weight excluding hydrogens is 296 g/mol. The third-order valence-electron chi connectivity index (χ3n) is 2.33. The van der Waals surface area contributed by atoms with Crippen molar-refractivity contribution in [2.24, 2.45) is 0 Å². The highest BCUT2D eigenvalue weighted by atomic mass is 79.9. The van der Waals surface area contributed by atoms with Gasteiger partial charge < -0.3 is 10.5 Å². The number of nitrogens with two attached hydrogens (primary N) is 1. The Morgan fingerprint density at radius 1 is 1.28 bits per heavy atom. The Labute approximate surface area is 112 Å². The molecule has 1 aromatic carbocycles. The Kier molecular flexibility index (Phi) is 3.44. The lowest BCUT2D eigenvalue weighted by Crippen LogP contribution is -2.00. The predicted octanol–water partition coefficient (Wildman–Crippen LogP) is 2.37. The summed E-state index contributed by atoms with van der Waals surface area (Å²) in [4.78, 5) is 8.19. The molecule has 90 valence electrons. The van der Waals surface area contributed by atoms with E-state index in [0.717, 1.165) is 5.56 Å². The van der Waals surface area contributed by atoms with Gasteiger partial charge in [-0.15, -0.1) is 0 Å². The molecule has 0 spiro atoms. The second-order valence-corrected chi connectivity index (χ2v) is 4.24. The first-order valence-electron chi connectivity index (χ1n) is 5.03. The highest BCUT2D eigenvalue weighted by molar-refractivity contribution is 9.10. The Hall–Kier alpha value is -2.13. The minimum absolute atomic E-state index is 0.204. The average molecular weight is 305 g/mol. The van der Waals surface area contributed by atoms with Crippen LogP contribution < -0.4 is 10.5 Å². The van der Waals surface area contributed by atoms with Crippen molar-refractivity contribution >= 4 is 21.7 Å². The fraction of sp³-hybridized carbons (Fsp3) is 0.0833. The summed E-state index contributed by atoms with van der Waals surface area (Å²) in [5.74, 6) is 0.307. The Morgan fingerprint density at radius 2 is 1.94 bits per heavy atom. The van der Waals surface area contributed by atoms with Crippen molar-refractivity contribution in [1.29, 1.82) is 5.26 Å². The lowest BCUT2D eigenvalue weighted by molar-refractivity contribution is 0.381. The quantitative estimate of drug-likeness (QED) is 0.920. The number of anilines is 1. The van der Waals surface area contributed by atoms with Crippen LogP contribution >= 0.6 is 15.9 Å². The minimum Gasteiger partial charge on any atom is -0.467 e. The van der Waals surface area contributed by atoms with Gasteiger partial charge in [-0.05, 0) is 28.1 Å². The van der Waals surface area contributed by atoms with E-state index < -0.39 is 0 Å². The van der Waals surface area contributed by atoms with Crippen LogP contribution in [0.3, 0.4) is 0 Å². The summed E-state index contributed by atoms with van der Waals surface area (Å²) in [7, 11) is 1.48. The molecule has 1 heterocycles. The molecule has 0 unspecified atom stereocenters. The van der Waals surface area contributed by atoms with Crippen LogP contribution in [0.5, 0.6) is 6.01 Å². The van der Waals surface area contributed by atoms with Gasteiger partial charge >= 0.3 is 6.01 Å². The fourth-order valence-corrected chi connectivity index (χ4v) is 1.83. The number of rotatable bonds is 2. The molecule has 0 radical (unpaired) electrons. The molecule has 0 aliphatic rings. The normalized spacial score (nSPS) is 9.83. The van der Waals surface area contributed by atoms with Gasteiger partial charge in [0, 0.05) is 5.56 Å². The topological polar surface area (TPSA) is 84.8 Å². The van der Waals surface area contributed by atoms with Gasteiger partial charge in [0.05, 0.1) is 28.9 Å². The third kappa shape index (κ3) is 2.26. The molecule has 1 aromatic heterocycles. The first-order valence-corrected chi connectivity index (χ1v) is 5.82. The molecule has 18 heavy (non-hydrogen) atoms. The molecular formula is C12H9BrN4O. The largest absolute Gasteiger partial charge is 0.467 e. The van der Waals surface area contributed by atoms with Crippen molar-refractivity contribution < 1.29 is 4.74 Å². The van der Waals surface area contributed by atoms with Gasteiger partial charge in [0.1, 0.15) is 5.82 Å². The van der Waals surface area contributed by atoms with E-state index in [1.807, 2.05) is 0 Å². The van der Waals surface area contributed by atoms with E-state index in [0.29, 0.717) is 21.5 Å². The smallest absolute Gasteiger partial charge is 0.318 e. The predicted molar refractivity (Wildman–Crippen MR) is 70.8 cm³/mol. The van der Waals surface area contributed by atoms with Crippen molar-refractivity contribution in [2.45, 2.75) is 0 Å². The number of benzene rings is 1. The van der Waals surface area contributed by atoms with Crippen molar-refractivity contribution in [3.8, 4) is 23.3 Å². The molecule has 0 saturated heterocycles. The summed E-state index contributed by atoms with van der Waals surface area (Å²) in [6, 6.07) is 9.29. The summed E-state index contributed by atoms with van der Waals surface area (Å²) < 4.78 is 5.59. The van der Waals surface area contributed by atoms with Crippen LogP contribution in [0.2, 0.25) is 0 Å². The van der Waals surface area contributed by atoms with Gasteiger partial charge in [-0.3, -0.25) is 0 Å². The molecule has 5 nitrogen and oxygen atoms in total. The van der Waals surface area contributed by atoms with E-state index >= 15 is 0 Å². The SMILES string of the molecule is COc1nc(N)c(Br)c(-c2ccc(C#N)cc2)n1. The van der Waals surface area contributed by atoms with Gasteiger partial charge in [0.2, 0.25) is 0 Å². The number of nitriles is 1. The van der Waals surface area contributed by atoms with E-state index in [9.17, 15) is 0 Å². The summed E-state index contributed by atoms with van der Waals surface area (Å²) in [6.07, 6.45) is 0. The number of hydrogen-bond donors (Lipinski definition) is 1. The van der Waals surface area contributed by atoms with Gasteiger partial charge in [-0.1, -0.05) is 12.1 Å². The number of hydrogen-bond acceptors (Lipinski definition) is 5. The van der Waals surface area contributed by atoms with Crippen molar-refractivity contribution in [3.05, 3.63) is 34.3 Å². The maximum atomic E-state index is 8.76. The first kappa shape index (κ1) is 12.3. The molecule has 2 N–H and O–H groups in total. The second kappa shape index (κ2) is 5.02. The summed E-state index contributed by atoms with van der Waals surface area (Å²) >= 11 is 3.35. The van der Waals surface area contributed by atoms with Crippen molar-refractivity contribution in [2.75, 3.05) is 12.8 Å². The van der Waals surface area contributed by atoms with Crippen LogP contribution in [0.1, 0.15) is 5.56 Å². The molecule has 2 aromatic rings. The number of halogens is 1. The molecule has 6 heteroatoms. The van der Waals surface area contributed by atoms with E-state index in [1.165, 1.54) is 7.11 Å². The average Bonchev–Trinajstić information content (AvgIpc) is 2.42. The third-order valence-corrected chi connectivity index (χ3v) is 3.11. The van der Waals surface area contributed by atoms with E-state index in [2.05, 4.69) is 32.0 Å². The molecule has 0 atom stereocenters. The number of nitrogens with zero attached hydrogens (tertiary/aromatic N) is 3. The molecule has 0 bridgehead atoms. The fourth-order valence-electron chi connectivity index (χ4n) is 1.43. The highest BCUT2D eigenvalue weighted by Crippen LogP contribution is 2.31. The number of methoxy groups -OCH3 is 1. The summed E-state index contributed by atoms with van der Waals surface area (Å²) in [6.45, 7) is 0.